The summed E-state index contributed by atoms with van der Waals surface area (Å²) in [6.45, 7) is 0.608. The number of urea groups is 1. The lowest BCUT2D eigenvalue weighted by Gasteiger charge is -2.16. The van der Waals surface area contributed by atoms with Gasteiger partial charge in [-0.3, -0.25) is 4.57 Å². The second-order valence-corrected chi connectivity index (χ2v) is 4.46. The number of carbonyl (C=O) groups excluding carboxylic acids is 1. The average Bonchev–Trinajstić information content (AvgIpc) is 2.70. The summed E-state index contributed by atoms with van der Waals surface area (Å²) in [4.78, 5) is 24.3. The van der Waals surface area contributed by atoms with Crippen LogP contribution in [0.5, 0.6) is 0 Å². The molecular weight excluding hydrogens is 246 g/mol. The van der Waals surface area contributed by atoms with Gasteiger partial charge in [-0.2, -0.15) is 0 Å². The van der Waals surface area contributed by atoms with Crippen LogP contribution in [0.3, 0.4) is 0 Å². The van der Waals surface area contributed by atoms with E-state index in [1.54, 1.807) is 32.1 Å². The van der Waals surface area contributed by atoms with Crippen LogP contribution in [0.15, 0.2) is 27.4 Å². The number of amides is 2. The first-order valence-corrected chi connectivity index (χ1v) is 6.04. The van der Waals surface area contributed by atoms with Gasteiger partial charge >= 0.3 is 11.8 Å². The smallest absolute Gasteiger partial charge is 0.408 e. The molecule has 0 radical (unpaired) electrons. The van der Waals surface area contributed by atoms with Gasteiger partial charge in [0.15, 0.2) is 5.58 Å². The van der Waals surface area contributed by atoms with Crippen LogP contribution in [0, 0.1) is 0 Å². The van der Waals surface area contributed by atoms with Gasteiger partial charge in [-0.15, -0.1) is 0 Å². The summed E-state index contributed by atoms with van der Waals surface area (Å²) >= 11 is 0. The molecule has 0 bridgehead atoms. The molecule has 2 aromatic rings. The Morgan fingerprint density at radius 1 is 1.47 bits per heavy atom. The molecule has 1 aromatic carbocycles. The summed E-state index contributed by atoms with van der Waals surface area (Å²) in [5, 5.41) is 2.57. The van der Waals surface area contributed by atoms with E-state index >= 15 is 0 Å². The molecule has 0 unspecified atom stereocenters. The maximum Gasteiger partial charge on any atom is 0.419 e. The number of hydrogen-bond donors (Lipinski definition) is 1. The number of nitrogens with one attached hydrogen (secondary N) is 1. The first-order valence-electron chi connectivity index (χ1n) is 6.04. The van der Waals surface area contributed by atoms with E-state index in [1.165, 1.54) is 4.57 Å². The van der Waals surface area contributed by atoms with Gasteiger partial charge in [0.05, 0.1) is 5.52 Å². The minimum Gasteiger partial charge on any atom is -0.408 e. The first kappa shape index (κ1) is 13.2. The van der Waals surface area contributed by atoms with Crippen LogP contribution in [0.1, 0.15) is 5.56 Å². The van der Waals surface area contributed by atoms with Gasteiger partial charge in [0, 0.05) is 27.7 Å². The van der Waals surface area contributed by atoms with Gasteiger partial charge in [0.25, 0.3) is 0 Å². The van der Waals surface area contributed by atoms with Crippen LogP contribution < -0.4 is 11.1 Å². The standard InChI is InChI=1S/C13H17N3O3/c1-14-12(17)15(2)7-6-9-4-5-11-10(8-9)16(3)13(18)19-11/h4-5,8H,6-7H2,1-3H3,(H,14,17). The van der Waals surface area contributed by atoms with E-state index in [0.717, 1.165) is 17.5 Å². The SMILES string of the molecule is CNC(=O)N(C)CCc1ccc2oc(=O)n(C)c2c1. The Labute approximate surface area is 110 Å². The van der Waals surface area contributed by atoms with Crippen molar-refractivity contribution in [1.29, 1.82) is 0 Å². The Hall–Kier alpha value is -2.24. The molecule has 1 aromatic heterocycles. The van der Waals surface area contributed by atoms with Crippen LogP contribution in [0.4, 0.5) is 4.79 Å². The molecule has 1 N–H and O–H groups in total. The molecule has 0 aliphatic heterocycles. The summed E-state index contributed by atoms with van der Waals surface area (Å²) in [5.41, 5.74) is 2.40. The predicted molar refractivity (Wildman–Crippen MR) is 72.2 cm³/mol. The Balaban J connectivity index is 2.16. The van der Waals surface area contributed by atoms with Gasteiger partial charge in [0.2, 0.25) is 0 Å². The topological polar surface area (TPSA) is 67.5 Å². The summed E-state index contributed by atoms with van der Waals surface area (Å²) in [6, 6.07) is 5.49. The lowest BCUT2D eigenvalue weighted by molar-refractivity contribution is 0.211. The highest BCUT2D eigenvalue weighted by Gasteiger charge is 2.08. The molecule has 0 fully saturated rings. The van der Waals surface area contributed by atoms with Crippen molar-refractivity contribution in [2.24, 2.45) is 7.05 Å². The number of oxazole rings is 1. The van der Waals surface area contributed by atoms with Gasteiger partial charge in [-0.1, -0.05) is 6.07 Å². The van der Waals surface area contributed by atoms with Crippen molar-refractivity contribution in [3.8, 4) is 0 Å². The molecule has 0 saturated heterocycles. The molecule has 0 atom stereocenters. The van der Waals surface area contributed by atoms with Crippen LogP contribution in [0.25, 0.3) is 11.1 Å². The Kier molecular flexibility index (Phi) is 3.59. The zero-order valence-electron chi connectivity index (χ0n) is 11.3. The highest BCUT2D eigenvalue weighted by Crippen LogP contribution is 2.14. The summed E-state index contributed by atoms with van der Waals surface area (Å²) in [7, 11) is 5.02. The Morgan fingerprint density at radius 3 is 2.89 bits per heavy atom. The molecule has 0 aliphatic rings. The van der Waals surface area contributed by atoms with Gasteiger partial charge < -0.3 is 14.6 Å². The van der Waals surface area contributed by atoms with E-state index in [-0.39, 0.29) is 11.8 Å². The molecule has 19 heavy (non-hydrogen) atoms. The van der Waals surface area contributed by atoms with E-state index in [1.807, 2.05) is 12.1 Å². The van der Waals surface area contributed by atoms with Crippen LogP contribution in [-0.4, -0.2) is 36.1 Å². The summed E-state index contributed by atoms with van der Waals surface area (Å²) < 4.78 is 6.54. The van der Waals surface area contributed by atoms with E-state index in [2.05, 4.69) is 5.32 Å². The predicted octanol–water partition coefficient (Wildman–Crippen LogP) is 0.945. The molecule has 6 heteroatoms. The molecule has 0 saturated carbocycles. The monoisotopic (exact) mass is 263 g/mol. The fourth-order valence-electron chi connectivity index (χ4n) is 1.92. The van der Waals surface area contributed by atoms with E-state index in [4.69, 9.17) is 4.42 Å². The molecule has 2 amide bonds. The largest absolute Gasteiger partial charge is 0.419 e. The van der Waals surface area contributed by atoms with Crippen molar-refractivity contribution in [3.63, 3.8) is 0 Å². The second-order valence-electron chi connectivity index (χ2n) is 4.46. The van der Waals surface area contributed by atoms with Gasteiger partial charge in [-0.25, -0.2) is 9.59 Å². The maximum absolute atomic E-state index is 11.4. The van der Waals surface area contributed by atoms with Crippen molar-refractivity contribution >= 4 is 17.1 Å². The van der Waals surface area contributed by atoms with Crippen LogP contribution >= 0.6 is 0 Å². The fraction of sp³-hybridized carbons (Fsp3) is 0.385. The molecule has 102 valence electrons. The Morgan fingerprint density at radius 2 is 2.21 bits per heavy atom. The van der Waals surface area contributed by atoms with E-state index in [9.17, 15) is 9.59 Å². The third kappa shape index (κ3) is 2.62. The average molecular weight is 263 g/mol. The van der Waals surface area contributed by atoms with E-state index in [0.29, 0.717) is 12.1 Å². The normalized spacial score (nSPS) is 10.7. The third-order valence-corrected chi connectivity index (χ3v) is 3.15. The zero-order valence-corrected chi connectivity index (χ0v) is 11.3. The van der Waals surface area contributed by atoms with Gasteiger partial charge in [0.1, 0.15) is 0 Å². The quantitative estimate of drug-likeness (QED) is 0.896. The van der Waals surface area contributed by atoms with E-state index < -0.39 is 0 Å². The number of nitrogens with zero attached hydrogens (tertiary/aromatic N) is 2. The maximum atomic E-state index is 11.4. The number of likely N-dealkylation sites (N-methyl/N-ethyl adjacent to an activating group) is 1. The molecule has 6 nitrogen and oxygen atoms in total. The molecule has 1 heterocycles. The number of benzene rings is 1. The zero-order chi connectivity index (χ0) is 14.0. The lowest BCUT2D eigenvalue weighted by atomic mass is 10.1. The minimum atomic E-state index is -0.366. The van der Waals surface area contributed by atoms with Crippen LogP contribution in [0.2, 0.25) is 0 Å². The molecule has 0 spiro atoms. The second kappa shape index (κ2) is 5.17. The van der Waals surface area contributed by atoms with Gasteiger partial charge in [-0.05, 0) is 24.1 Å². The van der Waals surface area contributed by atoms with Crippen molar-refractivity contribution in [2.45, 2.75) is 6.42 Å². The summed E-state index contributed by atoms with van der Waals surface area (Å²) in [5.74, 6) is -0.366. The number of hydrogen-bond acceptors (Lipinski definition) is 3. The highest BCUT2D eigenvalue weighted by molar-refractivity contribution is 5.74. The molecule has 2 rings (SSSR count). The number of aromatic nitrogens is 1. The minimum absolute atomic E-state index is 0.114. The lowest BCUT2D eigenvalue weighted by Crippen LogP contribution is -2.36. The summed E-state index contributed by atoms with van der Waals surface area (Å²) in [6.07, 6.45) is 0.721. The van der Waals surface area contributed by atoms with Crippen molar-refractivity contribution in [3.05, 3.63) is 34.3 Å². The number of carbonyl (C=O) groups is 1. The van der Waals surface area contributed by atoms with Crippen molar-refractivity contribution < 1.29 is 9.21 Å². The molecule has 0 aliphatic carbocycles. The van der Waals surface area contributed by atoms with Crippen molar-refractivity contribution in [1.82, 2.24) is 14.8 Å². The Bertz CT molecular complexity index is 657. The first-order chi connectivity index (χ1) is 9.02. The highest BCUT2D eigenvalue weighted by atomic mass is 16.4. The number of fused-ring (bicyclic) bond motifs is 1. The number of rotatable bonds is 3. The van der Waals surface area contributed by atoms with Crippen molar-refractivity contribution in [2.75, 3.05) is 20.6 Å². The number of aryl methyl sites for hydroxylation is 1. The third-order valence-electron chi connectivity index (χ3n) is 3.15. The van der Waals surface area contributed by atoms with Crippen LogP contribution in [-0.2, 0) is 13.5 Å². The fourth-order valence-corrected chi connectivity index (χ4v) is 1.92. The molecular formula is C13H17N3O3.